The van der Waals surface area contributed by atoms with E-state index in [9.17, 15) is 8.42 Å². The molecule has 3 aliphatic rings. The molecule has 4 heterocycles. The maximum atomic E-state index is 12.3. The third-order valence-electron chi connectivity index (χ3n) is 5.31. The largest absolute Gasteiger partial charge is 0.392 e. The van der Waals surface area contributed by atoms with Gasteiger partial charge in [0, 0.05) is 26.0 Å². The summed E-state index contributed by atoms with van der Waals surface area (Å²) in [5, 5.41) is 16.7. The summed E-state index contributed by atoms with van der Waals surface area (Å²) in [6.07, 6.45) is 4.18. The molecule has 0 aromatic carbocycles. The Bertz CT molecular complexity index is 944. The average Bonchev–Trinajstić information content (AvgIpc) is 3.39. The summed E-state index contributed by atoms with van der Waals surface area (Å²) >= 11 is 6.26. The van der Waals surface area contributed by atoms with Crippen molar-refractivity contribution < 1.29 is 17.9 Å². The second-order valence-electron chi connectivity index (χ2n) is 7.24. The van der Waals surface area contributed by atoms with Crippen LogP contribution in [0.15, 0.2) is 18.1 Å². The van der Waals surface area contributed by atoms with Crippen LogP contribution in [0, 0.1) is 5.41 Å². The highest BCUT2D eigenvalue weighted by atomic mass is 35.5. The number of halogens is 1. The van der Waals surface area contributed by atoms with Gasteiger partial charge in [-0.25, -0.2) is 13.4 Å². The molecule has 0 radical (unpaired) electrons. The first-order valence-corrected chi connectivity index (χ1v) is 11.6. The zero-order valence-electron chi connectivity index (χ0n) is 16.3. The zero-order chi connectivity index (χ0) is 21.3. The SMILES string of the molecule is CN/C=C(\C=N)Nc1ncc(Cl)c(NC2COC3C2OCC3N2CCCS2(=O)=O)n1. The number of rotatable bonds is 7. The van der Waals surface area contributed by atoms with Gasteiger partial charge in [-0.2, -0.15) is 9.29 Å². The molecule has 0 aliphatic carbocycles. The number of anilines is 2. The number of aromatic nitrogens is 2. The number of hydrogen-bond acceptors (Lipinski definition) is 10. The number of allylic oxidation sites excluding steroid dienone is 1. The molecule has 4 unspecified atom stereocenters. The number of fused-ring (bicyclic) bond motifs is 1. The summed E-state index contributed by atoms with van der Waals surface area (Å²) in [6.45, 7) is 1.14. The fraction of sp³-hybridized carbons (Fsp3) is 0.588. The molecule has 0 spiro atoms. The highest BCUT2D eigenvalue weighted by molar-refractivity contribution is 7.89. The molecule has 13 heteroatoms. The lowest BCUT2D eigenvalue weighted by molar-refractivity contribution is 0.0600. The monoisotopic (exact) mass is 457 g/mol. The molecule has 1 aromatic rings. The van der Waals surface area contributed by atoms with Crippen LogP contribution in [0.1, 0.15) is 6.42 Å². The van der Waals surface area contributed by atoms with E-state index in [0.29, 0.717) is 42.7 Å². The van der Waals surface area contributed by atoms with Gasteiger partial charge >= 0.3 is 0 Å². The standard InChI is InChI=1S/C17H24ClN7O4S/c1-20-6-10(5-19)22-17-21-7-11(18)16(24-17)23-12-8-28-15-13(9-29-14(12)15)25-3-2-4-30(25,26)27/h5-7,12-15,19-20H,2-4,8-9H2,1H3,(H2,21,22,23,24)/b10-6+,19-5?. The van der Waals surface area contributed by atoms with Crippen molar-refractivity contribution in [1.82, 2.24) is 19.6 Å². The van der Waals surface area contributed by atoms with E-state index in [0.717, 1.165) is 6.21 Å². The number of sulfonamides is 1. The molecule has 0 saturated carbocycles. The van der Waals surface area contributed by atoms with Gasteiger partial charge in [-0.15, -0.1) is 0 Å². The van der Waals surface area contributed by atoms with Crippen molar-refractivity contribution in [2.45, 2.75) is 30.7 Å². The van der Waals surface area contributed by atoms with Crippen molar-refractivity contribution in [3.63, 3.8) is 0 Å². The van der Waals surface area contributed by atoms with Crippen LogP contribution in [0.4, 0.5) is 11.8 Å². The van der Waals surface area contributed by atoms with E-state index >= 15 is 0 Å². The smallest absolute Gasteiger partial charge is 0.229 e. The molecule has 3 aliphatic heterocycles. The third-order valence-corrected chi connectivity index (χ3v) is 7.56. The summed E-state index contributed by atoms with van der Waals surface area (Å²) in [7, 11) is -1.52. The Hall–Kier alpha value is -1.99. The summed E-state index contributed by atoms with van der Waals surface area (Å²) < 4.78 is 37.9. The van der Waals surface area contributed by atoms with Gasteiger partial charge < -0.3 is 30.8 Å². The Morgan fingerprint density at radius 2 is 2.17 bits per heavy atom. The molecule has 3 saturated heterocycles. The number of nitrogens with one attached hydrogen (secondary N) is 4. The Balaban J connectivity index is 1.46. The summed E-state index contributed by atoms with van der Waals surface area (Å²) in [5.74, 6) is 0.850. The van der Waals surface area contributed by atoms with Crippen LogP contribution in [0.2, 0.25) is 5.02 Å². The highest BCUT2D eigenvalue weighted by Gasteiger charge is 2.52. The van der Waals surface area contributed by atoms with Crippen molar-refractivity contribution in [3.8, 4) is 0 Å². The molecular weight excluding hydrogens is 434 g/mol. The van der Waals surface area contributed by atoms with Crippen molar-refractivity contribution in [2.24, 2.45) is 0 Å². The Morgan fingerprint density at radius 1 is 1.37 bits per heavy atom. The van der Waals surface area contributed by atoms with Gasteiger partial charge in [-0.1, -0.05) is 11.6 Å². The first kappa shape index (κ1) is 21.2. The summed E-state index contributed by atoms with van der Waals surface area (Å²) in [6, 6.07) is -0.546. The molecule has 4 N–H and O–H groups in total. The van der Waals surface area contributed by atoms with Crippen LogP contribution in [0.5, 0.6) is 0 Å². The van der Waals surface area contributed by atoms with Crippen LogP contribution in [0.3, 0.4) is 0 Å². The summed E-state index contributed by atoms with van der Waals surface area (Å²) in [4.78, 5) is 8.51. The zero-order valence-corrected chi connectivity index (χ0v) is 17.9. The maximum absolute atomic E-state index is 12.3. The third kappa shape index (κ3) is 4.10. The van der Waals surface area contributed by atoms with Gasteiger partial charge in [0.05, 0.1) is 42.9 Å². The lowest BCUT2D eigenvalue weighted by atomic mass is 10.1. The number of nitrogens with zero attached hydrogens (tertiary/aromatic N) is 3. The lowest BCUT2D eigenvalue weighted by Gasteiger charge is -2.25. The maximum Gasteiger partial charge on any atom is 0.229 e. The molecular formula is C17H24ClN7O4S. The van der Waals surface area contributed by atoms with Crippen molar-refractivity contribution >= 4 is 39.6 Å². The number of ether oxygens (including phenoxy) is 2. The molecule has 164 valence electrons. The Labute approximate surface area is 179 Å². The molecule has 0 bridgehead atoms. The van der Waals surface area contributed by atoms with E-state index in [2.05, 4.69) is 25.9 Å². The lowest BCUT2D eigenvalue weighted by Crippen LogP contribution is -2.45. The quantitative estimate of drug-likeness (QED) is 0.423. The minimum Gasteiger partial charge on any atom is -0.392 e. The van der Waals surface area contributed by atoms with Gasteiger partial charge in [0.2, 0.25) is 16.0 Å². The normalized spacial score (nSPS) is 30.8. The highest BCUT2D eigenvalue weighted by Crippen LogP contribution is 2.35. The van der Waals surface area contributed by atoms with Crippen molar-refractivity contribution in [1.29, 1.82) is 5.41 Å². The molecule has 0 amide bonds. The minimum atomic E-state index is -3.24. The van der Waals surface area contributed by atoms with Gasteiger partial charge in [-0.05, 0) is 6.42 Å². The minimum absolute atomic E-state index is 0.175. The molecule has 11 nitrogen and oxygen atoms in total. The van der Waals surface area contributed by atoms with E-state index in [4.69, 9.17) is 26.5 Å². The van der Waals surface area contributed by atoms with Crippen LogP contribution >= 0.6 is 11.6 Å². The molecule has 4 rings (SSSR count). The van der Waals surface area contributed by atoms with E-state index in [1.54, 1.807) is 13.2 Å². The van der Waals surface area contributed by atoms with Crippen LogP contribution in [-0.2, 0) is 19.5 Å². The molecule has 4 atom stereocenters. The Kier molecular flexibility index (Phi) is 6.11. The van der Waals surface area contributed by atoms with E-state index in [-0.39, 0.29) is 36.0 Å². The number of hydrogen-bond donors (Lipinski definition) is 4. The second-order valence-corrected chi connectivity index (χ2v) is 9.69. The van der Waals surface area contributed by atoms with Crippen molar-refractivity contribution in [3.05, 3.63) is 23.1 Å². The predicted molar refractivity (Wildman–Crippen MR) is 112 cm³/mol. The second kappa shape index (κ2) is 8.63. The molecule has 3 fully saturated rings. The Morgan fingerprint density at radius 3 is 2.87 bits per heavy atom. The molecule has 1 aromatic heterocycles. The van der Waals surface area contributed by atoms with E-state index in [1.807, 2.05) is 0 Å². The van der Waals surface area contributed by atoms with Gasteiger partial charge in [0.1, 0.15) is 17.2 Å². The van der Waals surface area contributed by atoms with Gasteiger partial charge in [0.15, 0.2) is 5.82 Å². The first-order valence-electron chi connectivity index (χ1n) is 9.59. The fourth-order valence-electron chi connectivity index (χ4n) is 3.98. The van der Waals surface area contributed by atoms with Crippen LogP contribution < -0.4 is 16.0 Å². The average molecular weight is 458 g/mol. The predicted octanol–water partition coefficient (Wildman–Crippen LogP) is 0.234. The van der Waals surface area contributed by atoms with Crippen LogP contribution in [0.25, 0.3) is 0 Å². The van der Waals surface area contributed by atoms with Gasteiger partial charge in [-0.3, -0.25) is 0 Å². The summed E-state index contributed by atoms with van der Waals surface area (Å²) in [5.41, 5.74) is 0.476. The first-order chi connectivity index (χ1) is 14.4. The topological polar surface area (TPSA) is 142 Å². The van der Waals surface area contributed by atoms with E-state index < -0.39 is 10.0 Å². The molecule has 30 heavy (non-hydrogen) atoms. The van der Waals surface area contributed by atoms with Crippen molar-refractivity contribution in [2.75, 3.05) is 43.2 Å². The fourth-order valence-corrected chi connectivity index (χ4v) is 5.86. The van der Waals surface area contributed by atoms with Crippen LogP contribution in [-0.4, -0.2) is 85.8 Å². The van der Waals surface area contributed by atoms with E-state index in [1.165, 1.54) is 10.5 Å². The van der Waals surface area contributed by atoms with Gasteiger partial charge in [0.25, 0.3) is 0 Å².